The van der Waals surface area contributed by atoms with Crippen molar-refractivity contribution in [3.05, 3.63) is 58.0 Å². The first-order chi connectivity index (χ1) is 11.9. The zero-order chi connectivity index (χ0) is 17.9. The quantitative estimate of drug-likeness (QED) is 0.675. The largest absolute Gasteiger partial charge is 0.298 e. The summed E-state index contributed by atoms with van der Waals surface area (Å²) in [6, 6.07) is 6.21. The van der Waals surface area contributed by atoms with Gasteiger partial charge in [-0.3, -0.25) is 15.1 Å². The molecular weight excluding hydrogens is 378 g/mol. The van der Waals surface area contributed by atoms with Gasteiger partial charge in [-0.15, -0.1) is 22.7 Å². The molecule has 0 unspecified atom stereocenters. The van der Waals surface area contributed by atoms with Crippen molar-refractivity contribution in [3.63, 3.8) is 0 Å². The number of sulfone groups is 1. The summed E-state index contributed by atoms with van der Waals surface area (Å²) in [6.45, 7) is 0. The highest BCUT2D eigenvalue weighted by Crippen LogP contribution is 2.24. The van der Waals surface area contributed by atoms with Gasteiger partial charge in [-0.1, -0.05) is 12.1 Å². The second-order valence-electron chi connectivity index (χ2n) is 5.05. The molecule has 0 fully saturated rings. The van der Waals surface area contributed by atoms with E-state index in [2.05, 4.69) is 15.3 Å². The first-order valence-corrected chi connectivity index (χ1v) is 10.7. The Balaban J connectivity index is 1.98. The Kier molecular flexibility index (Phi) is 5.07. The van der Waals surface area contributed by atoms with E-state index in [0.717, 1.165) is 11.1 Å². The molecule has 0 saturated carbocycles. The predicted octanol–water partition coefficient (Wildman–Crippen LogP) is 3.18. The van der Waals surface area contributed by atoms with E-state index in [1.165, 1.54) is 34.8 Å². The predicted molar refractivity (Wildman–Crippen MR) is 100 cm³/mol. The van der Waals surface area contributed by atoms with E-state index >= 15 is 0 Å². The van der Waals surface area contributed by atoms with Gasteiger partial charge in [0.05, 0.1) is 10.4 Å². The van der Waals surface area contributed by atoms with Crippen LogP contribution in [0.1, 0.15) is 10.4 Å². The zero-order valence-electron chi connectivity index (χ0n) is 13.0. The minimum absolute atomic E-state index is 0.203. The van der Waals surface area contributed by atoms with Gasteiger partial charge in [0.15, 0.2) is 15.0 Å². The molecule has 2 heterocycles. The molecule has 0 spiro atoms. The summed E-state index contributed by atoms with van der Waals surface area (Å²) >= 11 is 2.72. The van der Waals surface area contributed by atoms with Gasteiger partial charge in [0.1, 0.15) is 0 Å². The topological polar surface area (TPSA) is 89.0 Å². The number of carbonyl (C=O) groups excluding carboxylic acids is 1. The molecule has 25 heavy (non-hydrogen) atoms. The summed E-state index contributed by atoms with van der Waals surface area (Å²) in [7, 11) is -3.29. The summed E-state index contributed by atoms with van der Waals surface area (Å²) in [4.78, 5) is 21.7. The van der Waals surface area contributed by atoms with Crippen LogP contribution in [0, 0.1) is 0 Å². The molecule has 0 radical (unpaired) electrons. The van der Waals surface area contributed by atoms with Crippen LogP contribution in [0.25, 0.3) is 11.6 Å². The lowest BCUT2D eigenvalue weighted by molar-refractivity contribution is -0.111. The van der Waals surface area contributed by atoms with Gasteiger partial charge in [-0.25, -0.2) is 13.4 Å². The standard InChI is InChI=1S/C16H13N3O3S3/c1-25(21,22)13-4-2-11(3-5-13)14(8-12-9-17-10-24-12)15(20)19-16-18-6-7-23-16/h2-10H,1H3,(H,18,19,20). The van der Waals surface area contributed by atoms with Crippen LogP contribution in [0.15, 0.2) is 52.4 Å². The first kappa shape index (κ1) is 17.5. The molecule has 1 amide bonds. The van der Waals surface area contributed by atoms with E-state index in [-0.39, 0.29) is 10.8 Å². The number of carbonyl (C=O) groups is 1. The Labute approximate surface area is 152 Å². The Morgan fingerprint density at radius 1 is 1.20 bits per heavy atom. The van der Waals surface area contributed by atoms with Crippen LogP contribution in [0.2, 0.25) is 0 Å². The third-order valence-corrected chi connectivity index (χ3v) is 5.77. The summed E-state index contributed by atoms with van der Waals surface area (Å²) < 4.78 is 23.2. The van der Waals surface area contributed by atoms with E-state index in [1.54, 1.807) is 41.5 Å². The Morgan fingerprint density at radius 3 is 2.52 bits per heavy atom. The molecule has 3 aromatic rings. The molecule has 0 saturated heterocycles. The fraction of sp³-hybridized carbons (Fsp3) is 0.0625. The van der Waals surface area contributed by atoms with Gasteiger partial charge in [-0.2, -0.15) is 0 Å². The van der Waals surface area contributed by atoms with E-state index in [1.807, 2.05) is 0 Å². The molecular formula is C16H13N3O3S3. The number of amides is 1. The maximum atomic E-state index is 12.7. The molecule has 128 valence electrons. The van der Waals surface area contributed by atoms with Crippen molar-refractivity contribution in [2.24, 2.45) is 0 Å². The van der Waals surface area contributed by atoms with Crippen molar-refractivity contribution in [2.75, 3.05) is 11.6 Å². The van der Waals surface area contributed by atoms with E-state index in [0.29, 0.717) is 16.3 Å². The molecule has 2 aromatic heterocycles. The Hall–Kier alpha value is -2.36. The van der Waals surface area contributed by atoms with Crippen LogP contribution < -0.4 is 5.32 Å². The smallest absolute Gasteiger partial charge is 0.258 e. The van der Waals surface area contributed by atoms with Crippen LogP contribution >= 0.6 is 22.7 Å². The molecule has 3 rings (SSSR count). The fourth-order valence-corrected chi connectivity index (χ4v) is 3.76. The lowest BCUT2D eigenvalue weighted by Gasteiger charge is -2.08. The number of hydrogen-bond acceptors (Lipinski definition) is 7. The fourth-order valence-electron chi connectivity index (χ4n) is 2.05. The third kappa shape index (κ3) is 4.38. The number of anilines is 1. The minimum atomic E-state index is -3.29. The van der Waals surface area contributed by atoms with Gasteiger partial charge >= 0.3 is 0 Å². The van der Waals surface area contributed by atoms with Crippen molar-refractivity contribution < 1.29 is 13.2 Å². The Bertz CT molecular complexity index is 991. The van der Waals surface area contributed by atoms with Crippen molar-refractivity contribution in [1.82, 2.24) is 9.97 Å². The van der Waals surface area contributed by atoms with E-state index in [4.69, 9.17) is 0 Å². The van der Waals surface area contributed by atoms with Gasteiger partial charge in [-0.05, 0) is 23.8 Å². The average Bonchev–Trinajstić information content (AvgIpc) is 3.25. The highest BCUT2D eigenvalue weighted by molar-refractivity contribution is 7.90. The summed E-state index contributed by atoms with van der Waals surface area (Å²) in [5.74, 6) is -0.324. The molecule has 0 aliphatic rings. The summed E-state index contributed by atoms with van der Waals surface area (Å²) in [5.41, 5.74) is 2.68. The van der Waals surface area contributed by atoms with Crippen molar-refractivity contribution >= 4 is 55.2 Å². The van der Waals surface area contributed by atoms with Gasteiger partial charge < -0.3 is 0 Å². The Morgan fingerprint density at radius 2 is 1.96 bits per heavy atom. The number of benzene rings is 1. The minimum Gasteiger partial charge on any atom is -0.298 e. The normalized spacial score (nSPS) is 12.1. The van der Waals surface area contributed by atoms with Crippen LogP contribution in [0.3, 0.4) is 0 Å². The van der Waals surface area contributed by atoms with Crippen molar-refractivity contribution in [3.8, 4) is 0 Å². The first-order valence-electron chi connectivity index (χ1n) is 7.05. The van der Waals surface area contributed by atoms with Crippen molar-refractivity contribution in [1.29, 1.82) is 0 Å². The maximum absolute atomic E-state index is 12.7. The molecule has 0 bridgehead atoms. The highest BCUT2D eigenvalue weighted by atomic mass is 32.2. The second kappa shape index (κ2) is 7.26. The van der Waals surface area contributed by atoms with Gasteiger partial charge in [0, 0.05) is 34.5 Å². The summed E-state index contributed by atoms with van der Waals surface area (Å²) in [5, 5.41) is 5.00. The SMILES string of the molecule is CS(=O)(=O)c1ccc(C(=Cc2cncs2)C(=O)Nc2nccs2)cc1. The van der Waals surface area contributed by atoms with Crippen LogP contribution in [-0.4, -0.2) is 30.5 Å². The molecule has 1 aromatic carbocycles. The molecule has 6 nitrogen and oxygen atoms in total. The highest BCUT2D eigenvalue weighted by Gasteiger charge is 2.15. The number of rotatable bonds is 5. The molecule has 0 aliphatic carbocycles. The molecule has 0 atom stereocenters. The van der Waals surface area contributed by atoms with Crippen molar-refractivity contribution in [2.45, 2.75) is 4.90 Å². The summed E-state index contributed by atoms with van der Waals surface area (Å²) in [6.07, 6.45) is 6.13. The maximum Gasteiger partial charge on any atom is 0.258 e. The second-order valence-corrected chi connectivity index (χ2v) is 8.88. The lowest BCUT2D eigenvalue weighted by atomic mass is 10.0. The number of nitrogens with one attached hydrogen (secondary N) is 1. The van der Waals surface area contributed by atoms with Crippen LogP contribution in [0.4, 0.5) is 5.13 Å². The molecule has 1 N–H and O–H groups in total. The lowest BCUT2D eigenvalue weighted by Crippen LogP contribution is -2.13. The monoisotopic (exact) mass is 391 g/mol. The number of hydrogen-bond donors (Lipinski definition) is 1. The van der Waals surface area contributed by atoms with Gasteiger partial charge in [0.25, 0.3) is 5.91 Å². The van der Waals surface area contributed by atoms with Gasteiger partial charge in [0.2, 0.25) is 0 Å². The number of thiazole rings is 2. The van der Waals surface area contributed by atoms with E-state index in [9.17, 15) is 13.2 Å². The van der Waals surface area contributed by atoms with Crippen LogP contribution in [0.5, 0.6) is 0 Å². The number of aromatic nitrogens is 2. The third-order valence-electron chi connectivity index (χ3n) is 3.23. The molecule has 0 aliphatic heterocycles. The van der Waals surface area contributed by atoms with E-state index < -0.39 is 9.84 Å². The van der Waals surface area contributed by atoms with Crippen LogP contribution in [-0.2, 0) is 14.6 Å². The number of nitrogens with zero attached hydrogens (tertiary/aromatic N) is 2. The average molecular weight is 391 g/mol. The zero-order valence-corrected chi connectivity index (χ0v) is 15.5. The molecule has 9 heteroatoms.